The molecular weight excluding hydrogens is 260 g/mol. The Balaban J connectivity index is 2.57. The summed E-state index contributed by atoms with van der Waals surface area (Å²) in [6.07, 6.45) is 1.48. The van der Waals surface area contributed by atoms with Crippen molar-refractivity contribution in [1.82, 2.24) is 0 Å². The number of carbonyl (C=O) groups excluding carboxylic acids is 1. The molecule has 0 aliphatic carbocycles. The van der Waals surface area contributed by atoms with Gasteiger partial charge < -0.3 is 18.6 Å². The standard InChI is InChI=1S/C15H16O5/c1-9-7-8-20-13(9)12(16)10-5-6-11(17-2)15(19-4)14(10)18-3/h5-8H,1-4H3. The molecule has 0 atom stereocenters. The van der Waals surface area contributed by atoms with Crippen molar-refractivity contribution in [2.24, 2.45) is 0 Å². The van der Waals surface area contributed by atoms with Crippen molar-refractivity contribution in [2.45, 2.75) is 6.92 Å². The van der Waals surface area contributed by atoms with Crippen LogP contribution < -0.4 is 14.2 Å². The van der Waals surface area contributed by atoms with Gasteiger partial charge in [-0.3, -0.25) is 4.79 Å². The topological polar surface area (TPSA) is 57.9 Å². The van der Waals surface area contributed by atoms with Gasteiger partial charge in [-0.15, -0.1) is 0 Å². The van der Waals surface area contributed by atoms with Crippen molar-refractivity contribution < 1.29 is 23.4 Å². The fourth-order valence-corrected chi connectivity index (χ4v) is 2.01. The average molecular weight is 276 g/mol. The highest BCUT2D eigenvalue weighted by Crippen LogP contribution is 2.40. The van der Waals surface area contributed by atoms with Crippen molar-refractivity contribution >= 4 is 5.78 Å². The molecule has 0 N–H and O–H groups in total. The molecule has 1 aromatic heterocycles. The van der Waals surface area contributed by atoms with E-state index in [2.05, 4.69) is 0 Å². The normalized spacial score (nSPS) is 10.2. The molecule has 5 nitrogen and oxygen atoms in total. The highest BCUT2D eigenvalue weighted by atomic mass is 16.5. The second-order valence-corrected chi connectivity index (χ2v) is 4.14. The summed E-state index contributed by atoms with van der Waals surface area (Å²) in [7, 11) is 4.49. The predicted molar refractivity (Wildman–Crippen MR) is 73.0 cm³/mol. The zero-order chi connectivity index (χ0) is 14.7. The van der Waals surface area contributed by atoms with Crippen LogP contribution in [0.4, 0.5) is 0 Å². The Bertz CT molecular complexity index is 627. The highest BCUT2D eigenvalue weighted by Gasteiger charge is 2.24. The third kappa shape index (κ3) is 2.22. The summed E-state index contributed by atoms with van der Waals surface area (Å²) >= 11 is 0. The molecule has 0 spiro atoms. The number of aryl methyl sites for hydroxylation is 1. The van der Waals surface area contributed by atoms with Crippen molar-refractivity contribution in [3.05, 3.63) is 41.3 Å². The Morgan fingerprint density at radius 2 is 1.70 bits per heavy atom. The maximum Gasteiger partial charge on any atom is 0.232 e. The number of carbonyl (C=O) groups is 1. The molecule has 20 heavy (non-hydrogen) atoms. The van der Waals surface area contributed by atoms with Crippen LogP contribution in [0.15, 0.2) is 28.9 Å². The Kier molecular flexibility index (Phi) is 3.98. The summed E-state index contributed by atoms with van der Waals surface area (Å²) < 4.78 is 21.0. The third-order valence-corrected chi connectivity index (χ3v) is 3.02. The highest BCUT2D eigenvalue weighted by molar-refractivity contribution is 6.10. The quantitative estimate of drug-likeness (QED) is 0.786. The minimum atomic E-state index is -0.259. The largest absolute Gasteiger partial charge is 0.493 e. The zero-order valence-corrected chi connectivity index (χ0v) is 11.9. The first-order valence-electron chi connectivity index (χ1n) is 6.01. The Hall–Kier alpha value is -2.43. The first kappa shape index (κ1) is 14.0. The molecule has 0 aliphatic rings. The van der Waals surface area contributed by atoms with Crippen molar-refractivity contribution in [1.29, 1.82) is 0 Å². The monoisotopic (exact) mass is 276 g/mol. The van der Waals surface area contributed by atoms with E-state index in [1.54, 1.807) is 18.2 Å². The van der Waals surface area contributed by atoms with Crippen molar-refractivity contribution in [3.63, 3.8) is 0 Å². The summed E-state index contributed by atoms with van der Waals surface area (Å²) in [4.78, 5) is 12.5. The molecule has 0 amide bonds. The van der Waals surface area contributed by atoms with Gasteiger partial charge in [-0.05, 0) is 30.7 Å². The predicted octanol–water partition coefficient (Wildman–Crippen LogP) is 2.84. The van der Waals surface area contributed by atoms with Crippen LogP contribution in [0.1, 0.15) is 21.7 Å². The number of benzene rings is 1. The molecule has 2 rings (SSSR count). The van der Waals surface area contributed by atoms with Gasteiger partial charge in [-0.1, -0.05) is 0 Å². The molecule has 0 fully saturated rings. The van der Waals surface area contributed by atoms with Crippen LogP contribution in [0.5, 0.6) is 17.2 Å². The van der Waals surface area contributed by atoms with Gasteiger partial charge in [0.25, 0.3) is 0 Å². The average Bonchev–Trinajstić information content (AvgIpc) is 2.90. The first-order chi connectivity index (χ1) is 9.63. The van der Waals surface area contributed by atoms with Crippen LogP contribution in [0, 0.1) is 6.92 Å². The van der Waals surface area contributed by atoms with Gasteiger partial charge in [0, 0.05) is 0 Å². The second-order valence-electron chi connectivity index (χ2n) is 4.14. The molecule has 106 valence electrons. The van der Waals surface area contributed by atoms with Gasteiger partial charge in [0.1, 0.15) is 0 Å². The van der Waals surface area contributed by atoms with E-state index in [-0.39, 0.29) is 11.5 Å². The van der Waals surface area contributed by atoms with Crippen molar-refractivity contribution in [3.8, 4) is 17.2 Å². The number of methoxy groups -OCH3 is 3. The van der Waals surface area contributed by atoms with Gasteiger partial charge in [0.15, 0.2) is 17.3 Å². The van der Waals surface area contributed by atoms with Crippen LogP contribution in [0.25, 0.3) is 0 Å². The van der Waals surface area contributed by atoms with Crippen molar-refractivity contribution in [2.75, 3.05) is 21.3 Å². The van der Waals surface area contributed by atoms with E-state index >= 15 is 0 Å². The van der Waals surface area contributed by atoms with Crippen LogP contribution in [0.2, 0.25) is 0 Å². The lowest BCUT2D eigenvalue weighted by atomic mass is 10.0. The molecule has 0 unspecified atom stereocenters. The fraction of sp³-hybridized carbons (Fsp3) is 0.267. The first-order valence-corrected chi connectivity index (χ1v) is 6.01. The third-order valence-electron chi connectivity index (χ3n) is 3.02. The van der Waals surface area contributed by atoms with Gasteiger partial charge in [0.05, 0.1) is 33.2 Å². The Labute approximate surface area is 117 Å². The molecule has 1 heterocycles. The lowest BCUT2D eigenvalue weighted by Crippen LogP contribution is -2.06. The van der Waals surface area contributed by atoms with Gasteiger partial charge >= 0.3 is 0 Å². The zero-order valence-electron chi connectivity index (χ0n) is 11.9. The molecule has 2 aromatic rings. The molecule has 0 saturated carbocycles. The van der Waals surface area contributed by atoms with Crippen LogP contribution >= 0.6 is 0 Å². The van der Waals surface area contributed by atoms with Gasteiger partial charge in [-0.25, -0.2) is 0 Å². The summed E-state index contributed by atoms with van der Waals surface area (Å²) in [6, 6.07) is 5.03. The molecule has 5 heteroatoms. The molecule has 0 radical (unpaired) electrons. The molecular formula is C15H16O5. The number of ketones is 1. The van der Waals surface area contributed by atoms with Crippen LogP contribution in [-0.4, -0.2) is 27.1 Å². The number of hydrogen-bond acceptors (Lipinski definition) is 5. The summed E-state index contributed by atoms with van der Waals surface area (Å²) in [5.41, 5.74) is 1.13. The SMILES string of the molecule is COc1ccc(C(=O)c2occc2C)c(OC)c1OC. The second kappa shape index (κ2) is 5.69. The lowest BCUT2D eigenvalue weighted by molar-refractivity contribution is 0.100. The van der Waals surface area contributed by atoms with E-state index in [1.165, 1.54) is 27.6 Å². The summed E-state index contributed by atoms with van der Waals surface area (Å²) in [6.45, 7) is 1.81. The van der Waals surface area contributed by atoms with E-state index < -0.39 is 0 Å². The van der Waals surface area contributed by atoms with E-state index in [4.69, 9.17) is 18.6 Å². The molecule has 0 aliphatic heterocycles. The van der Waals surface area contributed by atoms with Gasteiger partial charge in [0.2, 0.25) is 11.5 Å². The number of furan rings is 1. The smallest absolute Gasteiger partial charge is 0.232 e. The van der Waals surface area contributed by atoms with E-state index in [0.717, 1.165) is 5.56 Å². The molecule has 0 bridgehead atoms. The molecule has 1 aromatic carbocycles. The van der Waals surface area contributed by atoms with E-state index in [9.17, 15) is 4.79 Å². The maximum absolute atomic E-state index is 12.5. The number of ether oxygens (including phenoxy) is 3. The minimum Gasteiger partial charge on any atom is -0.493 e. The molecule has 0 saturated heterocycles. The van der Waals surface area contributed by atoms with E-state index in [1.807, 2.05) is 6.92 Å². The Morgan fingerprint density at radius 3 is 2.20 bits per heavy atom. The van der Waals surface area contributed by atoms with Gasteiger partial charge in [-0.2, -0.15) is 0 Å². The Morgan fingerprint density at radius 1 is 1.00 bits per heavy atom. The van der Waals surface area contributed by atoms with E-state index in [0.29, 0.717) is 22.8 Å². The lowest BCUT2D eigenvalue weighted by Gasteiger charge is -2.14. The summed E-state index contributed by atoms with van der Waals surface area (Å²) in [5, 5.41) is 0. The minimum absolute atomic E-state index is 0.259. The summed E-state index contributed by atoms with van der Waals surface area (Å²) in [5.74, 6) is 1.23. The van der Waals surface area contributed by atoms with Crippen LogP contribution in [0.3, 0.4) is 0 Å². The maximum atomic E-state index is 12.5. The number of hydrogen-bond donors (Lipinski definition) is 0. The van der Waals surface area contributed by atoms with Crippen LogP contribution in [-0.2, 0) is 0 Å². The number of rotatable bonds is 5. The fourth-order valence-electron chi connectivity index (χ4n) is 2.01.